The molecule has 5 rings (SSSR count). The van der Waals surface area contributed by atoms with E-state index in [1.807, 2.05) is 4.57 Å². The number of amides is 2. The predicted octanol–water partition coefficient (Wildman–Crippen LogP) is 2.65. The Morgan fingerprint density at radius 1 is 0.828 bits per heavy atom. The highest BCUT2D eigenvalue weighted by Crippen LogP contribution is 2.41. The molecule has 7 heteroatoms. The van der Waals surface area contributed by atoms with Crippen LogP contribution in [0.25, 0.3) is 0 Å². The molecule has 1 aromatic rings. The first kappa shape index (κ1) is 19.1. The summed E-state index contributed by atoms with van der Waals surface area (Å²) in [5, 5.41) is 7.74. The van der Waals surface area contributed by atoms with Gasteiger partial charge in [-0.05, 0) is 57.3 Å². The third kappa shape index (κ3) is 3.46. The molecule has 0 radical (unpaired) electrons. The first-order valence-corrected chi connectivity index (χ1v) is 11.6. The van der Waals surface area contributed by atoms with Gasteiger partial charge in [-0.25, -0.2) is 0 Å². The number of carbonyl (C=O) groups is 2. The van der Waals surface area contributed by atoms with Crippen molar-refractivity contribution in [1.29, 1.82) is 0 Å². The van der Waals surface area contributed by atoms with Crippen LogP contribution < -0.4 is 0 Å². The molecule has 2 saturated carbocycles. The summed E-state index contributed by atoms with van der Waals surface area (Å²) in [6.45, 7) is 3.83. The number of fused-ring (bicyclic) bond motifs is 2. The monoisotopic (exact) mass is 399 g/mol. The third-order valence-corrected chi connectivity index (χ3v) is 8.20. The molecule has 2 atom stereocenters. The highest BCUT2D eigenvalue weighted by atomic mass is 16.2. The molecule has 29 heavy (non-hydrogen) atoms. The summed E-state index contributed by atoms with van der Waals surface area (Å²) in [5.74, 6) is 1.83. The SMILES string of the molecule is CCC1CCC(C(=O)N2CC3CC2CCN3C(=O)C2CC(n3cnnc3)C2)CC1. The molecule has 4 fully saturated rings. The van der Waals surface area contributed by atoms with Crippen molar-refractivity contribution in [2.45, 2.75) is 82.8 Å². The Labute approximate surface area is 172 Å². The van der Waals surface area contributed by atoms with Crippen molar-refractivity contribution in [1.82, 2.24) is 24.6 Å². The van der Waals surface area contributed by atoms with Crippen molar-refractivity contribution in [3.63, 3.8) is 0 Å². The van der Waals surface area contributed by atoms with E-state index in [1.54, 1.807) is 12.7 Å². The predicted molar refractivity (Wildman–Crippen MR) is 108 cm³/mol. The van der Waals surface area contributed by atoms with Crippen LogP contribution in [-0.2, 0) is 9.59 Å². The van der Waals surface area contributed by atoms with E-state index in [0.717, 1.165) is 57.5 Å². The molecule has 2 saturated heterocycles. The third-order valence-electron chi connectivity index (χ3n) is 8.20. The summed E-state index contributed by atoms with van der Waals surface area (Å²) in [6, 6.07) is 0.939. The van der Waals surface area contributed by atoms with Gasteiger partial charge in [-0.15, -0.1) is 10.2 Å². The van der Waals surface area contributed by atoms with Gasteiger partial charge in [0.1, 0.15) is 12.7 Å². The van der Waals surface area contributed by atoms with Gasteiger partial charge < -0.3 is 14.4 Å². The quantitative estimate of drug-likeness (QED) is 0.780. The van der Waals surface area contributed by atoms with E-state index < -0.39 is 0 Å². The maximum absolute atomic E-state index is 13.2. The molecule has 2 unspecified atom stereocenters. The van der Waals surface area contributed by atoms with Crippen molar-refractivity contribution >= 4 is 11.8 Å². The lowest BCUT2D eigenvalue weighted by Crippen LogP contribution is -2.49. The van der Waals surface area contributed by atoms with E-state index >= 15 is 0 Å². The minimum atomic E-state index is 0.119. The smallest absolute Gasteiger partial charge is 0.226 e. The van der Waals surface area contributed by atoms with Gasteiger partial charge in [0, 0.05) is 37.0 Å². The topological polar surface area (TPSA) is 71.3 Å². The van der Waals surface area contributed by atoms with Crippen LogP contribution in [0, 0.1) is 17.8 Å². The maximum atomic E-state index is 13.2. The normalized spacial score (nSPS) is 36.7. The van der Waals surface area contributed by atoms with Gasteiger partial charge in [0.15, 0.2) is 0 Å². The van der Waals surface area contributed by atoms with Crippen molar-refractivity contribution in [2.24, 2.45) is 17.8 Å². The van der Waals surface area contributed by atoms with Crippen molar-refractivity contribution in [3.8, 4) is 0 Å². The fourth-order valence-corrected chi connectivity index (χ4v) is 6.14. The lowest BCUT2D eigenvalue weighted by molar-refractivity contribution is -0.142. The van der Waals surface area contributed by atoms with Crippen molar-refractivity contribution in [3.05, 3.63) is 12.7 Å². The van der Waals surface area contributed by atoms with Gasteiger partial charge in [-0.2, -0.15) is 0 Å². The second kappa shape index (κ2) is 7.73. The van der Waals surface area contributed by atoms with Gasteiger partial charge in [0.2, 0.25) is 11.8 Å². The lowest BCUT2D eigenvalue weighted by atomic mass is 9.78. The zero-order valence-corrected chi connectivity index (χ0v) is 17.4. The van der Waals surface area contributed by atoms with E-state index in [4.69, 9.17) is 0 Å². The standard InChI is InChI=1S/C22H33N5O2/c1-2-15-3-5-16(6-4-15)21(28)27-12-20-11-18(27)7-8-26(20)22(29)17-9-19(10-17)25-13-23-24-14-25/h13-20H,2-12H2,1H3. The molecular formula is C22H33N5O2. The Hall–Kier alpha value is -1.92. The Morgan fingerprint density at radius 3 is 2.21 bits per heavy atom. The van der Waals surface area contributed by atoms with Crippen LogP contribution >= 0.6 is 0 Å². The fourth-order valence-electron chi connectivity index (χ4n) is 6.14. The Kier molecular flexibility index (Phi) is 5.08. The second-order valence-electron chi connectivity index (χ2n) is 9.71. The number of hydrogen-bond donors (Lipinski definition) is 0. The van der Waals surface area contributed by atoms with Gasteiger partial charge in [0.05, 0.1) is 6.04 Å². The van der Waals surface area contributed by atoms with Crippen LogP contribution in [0.2, 0.25) is 0 Å². The summed E-state index contributed by atoms with van der Waals surface area (Å²) in [7, 11) is 0. The molecular weight excluding hydrogens is 366 g/mol. The summed E-state index contributed by atoms with van der Waals surface area (Å²) in [6.07, 6.45) is 12.9. The zero-order chi connectivity index (χ0) is 20.0. The summed E-state index contributed by atoms with van der Waals surface area (Å²) in [4.78, 5) is 30.6. The van der Waals surface area contributed by atoms with Gasteiger partial charge in [-0.3, -0.25) is 9.59 Å². The molecule has 7 nitrogen and oxygen atoms in total. The molecule has 0 aromatic carbocycles. The molecule has 158 valence electrons. The number of carbonyl (C=O) groups excluding carboxylic acids is 2. The molecule has 2 bridgehead atoms. The van der Waals surface area contributed by atoms with E-state index in [1.165, 1.54) is 19.3 Å². The van der Waals surface area contributed by atoms with Crippen molar-refractivity contribution < 1.29 is 9.59 Å². The first-order valence-electron chi connectivity index (χ1n) is 11.6. The van der Waals surface area contributed by atoms with Crippen LogP contribution in [0.4, 0.5) is 0 Å². The lowest BCUT2D eigenvalue weighted by Gasteiger charge is -2.41. The highest BCUT2D eigenvalue weighted by molar-refractivity contribution is 5.82. The second-order valence-corrected chi connectivity index (χ2v) is 9.71. The molecule has 3 heterocycles. The number of likely N-dealkylation sites (tertiary alicyclic amines) is 2. The van der Waals surface area contributed by atoms with Gasteiger partial charge in [0.25, 0.3) is 0 Å². The minimum absolute atomic E-state index is 0.119. The molecule has 2 aliphatic heterocycles. The summed E-state index contributed by atoms with van der Waals surface area (Å²) >= 11 is 0. The van der Waals surface area contributed by atoms with E-state index in [2.05, 4.69) is 26.9 Å². The van der Waals surface area contributed by atoms with Gasteiger partial charge >= 0.3 is 0 Å². The number of aromatic nitrogens is 3. The summed E-state index contributed by atoms with van der Waals surface area (Å²) < 4.78 is 2.01. The van der Waals surface area contributed by atoms with E-state index in [0.29, 0.717) is 23.9 Å². The van der Waals surface area contributed by atoms with E-state index in [9.17, 15) is 9.59 Å². The van der Waals surface area contributed by atoms with Crippen LogP contribution in [0.15, 0.2) is 12.7 Å². The molecule has 0 N–H and O–H groups in total. The first-order chi connectivity index (χ1) is 14.1. The van der Waals surface area contributed by atoms with Crippen molar-refractivity contribution in [2.75, 3.05) is 13.1 Å². The highest BCUT2D eigenvalue weighted by Gasteiger charge is 2.47. The molecule has 1 aromatic heterocycles. The number of rotatable bonds is 4. The number of nitrogens with zero attached hydrogens (tertiary/aromatic N) is 5. The average Bonchev–Trinajstić information content (AvgIpc) is 3.35. The van der Waals surface area contributed by atoms with Gasteiger partial charge in [-0.1, -0.05) is 13.3 Å². The van der Waals surface area contributed by atoms with Crippen LogP contribution in [0.5, 0.6) is 0 Å². The Balaban J connectivity index is 1.16. The molecule has 2 amide bonds. The zero-order valence-electron chi connectivity index (χ0n) is 17.4. The maximum Gasteiger partial charge on any atom is 0.226 e. The molecule has 2 aliphatic carbocycles. The van der Waals surface area contributed by atoms with E-state index in [-0.39, 0.29) is 17.9 Å². The minimum Gasteiger partial charge on any atom is -0.338 e. The largest absolute Gasteiger partial charge is 0.338 e. The van der Waals surface area contributed by atoms with Crippen LogP contribution in [-0.4, -0.2) is 61.6 Å². The fraction of sp³-hybridized carbons (Fsp3) is 0.818. The molecule has 0 spiro atoms. The Morgan fingerprint density at radius 2 is 1.52 bits per heavy atom. The molecule has 4 aliphatic rings. The Bertz CT molecular complexity index is 736. The summed E-state index contributed by atoms with van der Waals surface area (Å²) in [5.41, 5.74) is 0. The van der Waals surface area contributed by atoms with Crippen LogP contribution in [0.1, 0.15) is 70.8 Å². The van der Waals surface area contributed by atoms with Crippen LogP contribution in [0.3, 0.4) is 0 Å². The number of hydrogen-bond acceptors (Lipinski definition) is 4. The average molecular weight is 400 g/mol. The number of piperidine rings is 1.